The minimum absolute atomic E-state index is 0.00829. The van der Waals surface area contributed by atoms with Gasteiger partial charge in [0.25, 0.3) is 0 Å². The number of fused-ring (bicyclic) bond motifs is 5. The first kappa shape index (κ1) is 16.5. The van der Waals surface area contributed by atoms with Gasteiger partial charge in [0.1, 0.15) is 0 Å². The Hall–Kier alpha value is -2.65. The number of benzene rings is 2. The van der Waals surface area contributed by atoms with Gasteiger partial charge in [-0.15, -0.1) is 0 Å². The van der Waals surface area contributed by atoms with E-state index in [9.17, 15) is 9.59 Å². The molecule has 0 spiro atoms. The van der Waals surface area contributed by atoms with E-state index in [1.807, 2.05) is 18.2 Å². The molecule has 4 atom stereocenters. The van der Waals surface area contributed by atoms with Crippen molar-refractivity contribution in [3.8, 4) is 0 Å². The van der Waals surface area contributed by atoms with Crippen LogP contribution in [0, 0.1) is 23.7 Å². The lowest BCUT2D eigenvalue weighted by molar-refractivity contribution is -0.122. The Balaban J connectivity index is 1.55. The van der Waals surface area contributed by atoms with E-state index in [0.29, 0.717) is 10.7 Å². The molecule has 134 valence electrons. The van der Waals surface area contributed by atoms with Crippen LogP contribution < -0.4 is 4.90 Å². The maximum absolute atomic E-state index is 13.2. The highest BCUT2D eigenvalue weighted by Crippen LogP contribution is 2.58. The molecule has 1 saturated heterocycles. The van der Waals surface area contributed by atoms with Crippen molar-refractivity contribution in [1.82, 2.24) is 0 Å². The molecular weight excluding hydrogens is 358 g/mol. The summed E-state index contributed by atoms with van der Waals surface area (Å²) < 4.78 is 0. The van der Waals surface area contributed by atoms with E-state index in [1.54, 1.807) is 24.3 Å². The van der Waals surface area contributed by atoms with Crippen LogP contribution in [0.3, 0.4) is 0 Å². The number of allylic oxidation sites excluding steroid dienone is 4. The van der Waals surface area contributed by atoms with Gasteiger partial charge in [0.15, 0.2) is 0 Å². The van der Waals surface area contributed by atoms with Gasteiger partial charge in [-0.25, -0.2) is 4.90 Å². The topological polar surface area (TPSA) is 37.4 Å². The molecule has 3 nitrogen and oxygen atoms in total. The smallest absolute Gasteiger partial charge is 0.238 e. The first-order valence-electron chi connectivity index (χ1n) is 9.15. The molecule has 0 radical (unpaired) electrons. The highest BCUT2D eigenvalue weighted by Gasteiger charge is 2.62. The molecule has 3 aliphatic rings. The van der Waals surface area contributed by atoms with E-state index >= 15 is 0 Å². The van der Waals surface area contributed by atoms with Crippen LogP contribution in [0.25, 0.3) is 5.57 Å². The largest absolute Gasteiger partial charge is 0.274 e. The third kappa shape index (κ3) is 2.28. The number of hydrogen-bond donors (Lipinski definition) is 0. The predicted octanol–water partition coefficient (Wildman–Crippen LogP) is 4.74. The highest BCUT2D eigenvalue weighted by molar-refractivity contribution is 6.31. The molecule has 2 aromatic carbocycles. The fraction of sp³-hybridized carbons (Fsp3) is 0.217. The monoisotopic (exact) mass is 375 g/mol. The van der Waals surface area contributed by atoms with E-state index < -0.39 is 0 Å². The Morgan fingerprint density at radius 2 is 1.41 bits per heavy atom. The second kappa shape index (κ2) is 5.93. The van der Waals surface area contributed by atoms with Crippen molar-refractivity contribution in [3.05, 3.63) is 82.9 Å². The summed E-state index contributed by atoms with van der Waals surface area (Å²) in [7, 11) is 0. The molecule has 27 heavy (non-hydrogen) atoms. The van der Waals surface area contributed by atoms with Crippen LogP contribution in [0.5, 0.6) is 0 Å². The third-order valence-electron chi connectivity index (χ3n) is 6.14. The van der Waals surface area contributed by atoms with Gasteiger partial charge >= 0.3 is 0 Å². The van der Waals surface area contributed by atoms with Crippen molar-refractivity contribution in [2.24, 2.45) is 23.7 Å². The molecule has 0 unspecified atom stereocenters. The van der Waals surface area contributed by atoms with Crippen molar-refractivity contribution in [3.63, 3.8) is 0 Å². The van der Waals surface area contributed by atoms with Crippen molar-refractivity contribution in [1.29, 1.82) is 0 Å². The minimum Gasteiger partial charge on any atom is -0.274 e. The number of amides is 2. The fourth-order valence-corrected chi connectivity index (χ4v) is 5.09. The molecule has 4 heteroatoms. The summed E-state index contributed by atoms with van der Waals surface area (Å²) in [6.07, 6.45) is 4.23. The van der Waals surface area contributed by atoms with Gasteiger partial charge in [-0.1, -0.05) is 59.7 Å². The number of hydrogen-bond acceptors (Lipinski definition) is 2. The average Bonchev–Trinajstić information content (AvgIpc) is 3.33. The zero-order valence-electron chi connectivity index (χ0n) is 14.8. The Labute approximate surface area is 162 Å². The van der Waals surface area contributed by atoms with Crippen molar-refractivity contribution in [2.45, 2.75) is 6.92 Å². The molecule has 2 aromatic rings. The average molecular weight is 376 g/mol. The summed E-state index contributed by atoms with van der Waals surface area (Å²) in [6, 6.07) is 17.1. The minimum atomic E-state index is -0.295. The van der Waals surface area contributed by atoms with Crippen LogP contribution >= 0.6 is 11.6 Å². The van der Waals surface area contributed by atoms with Crippen LogP contribution in [0.4, 0.5) is 5.69 Å². The molecule has 0 N–H and O–H groups in total. The lowest BCUT2D eigenvalue weighted by atomic mass is 9.85. The van der Waals surface area contributed by atoms with Crippen molar-refractivity contribution >= 4 is 34.7 Å². The van der Waals surface area contributed by atoms with Crippen molar-refractivity contribution < 1.29 is 9.59 Å². The molecule has 2 fully saturated rings. The van der Waals surface area contributed by atoms with Crippen LogP contribution in [0.15, 0.2) is 72.3 Å². The summed E-state index contributed by atoms with van der Waals surface area (Å²) in [5, 5.41) is 0.587. The number of rotatable bonds is 2. The molecular formula is C23H18ClNO2. The number of halogens is 1. The van der Waals surface area contributed by atoms with Crippen molar-refractivity contribution in [2.75, 3.05) is 4.90 Å². The normalized spacial score (nSPS) is 30.2. The van der Waals surface area contributed by atoms with E-state index in [4.69, 9.17) is 11.6 Å². The van der Waals surface area contributed by atoms with Crippen LogP contribution in [0.2, 0.25) is 5.02 Å². The van der Waals surface area contributed by atoms with E-state index in [-0.39, 0.29) is 35.5 Å². The Morgan fingerprint density at radius 3 is 1.96 bits per heavy atom. The molecule has 2 bridgehead atoms. The van der Waals surface area contributed by atoms with Gasteiger partial charge in [-0.2, -0.15) is 0 Å². The van der Waals surface area contributed by atoms with Gasteiger partial charge < -0.3 is 0 Å². The third-order valence-corrected chi connectivity index (χ3v) is 6.39. The molecule has 1 heterocycles. The van der Waals surface area contributed by atoms with E-state index in [0.717, 1.165) is 5.56 Å². The van der Waals surface area contributed by atoms with Gasteiger partial charge in [-0.3, -0.25) is 9.59 Å². The van der Waals surface area contributed by atoms with Gasteiger partial charge in [0.2, 0.25) is 11.8 Å². The molecule has 2 amide bonds. The second-order valence-corrected chi connectivity index (χ2v) is 7.86. The quantitative estimate of drug-likeness (QED) is 0.562. The lowest BCUT2D eigenvalue weighted by Crippen LogP contribution is -2.33. The molecule has 1 aliphatic heterocycles. The number of imide groups is 1. The van der Waals surface area contributed by atoms with Gasteiger partial charge in [0, 0.05) is 16.9 Å². The summed E-state index contributed by atoms with van der Waals surface area (Å²) in [6.45, 7) is 2.10. The highest BCUT2D eigenvalue weighted by atomic mass is 35.5. The predicted molar refractivity (Wildman–Crippen MR) is 106 cm³/mol. The zero-order chi connectivity index (χ0) is 18.7. The lowest BCUT2D eigenvalue weighted by Gasteiger charge is -2.20. The Bertz CT molecular complexity index is 972. The Morgan fingerprint density at radius 1 is 0.852 bits per heavy atom. The fourth-order valence-electron chi connectivity index (χ4n) is 4.96. The molecule has 0 aromatic heterocycles. The standard InChI is InChI=1S/C23H18ClNO2/c1-13(14-5-3-2-4-6-14)19-17-11-12-18(19)21-20(17)22(26)25(23(21)27)16-9-7-15(24)8-10-16/h2-12,17-18,20-21H,1H3/t17-,18-,20-,21+/m1/s1. The first-order chi connectivity index (χ1) is 13.1. The molecule has 2 aliphatic carbocycles. The number of carbonyl (C=O) groups is 2. The maximum atomic E-state index is 13.2. The van der Waals surface area contributed by atoms with Crippen LogP contribution in [0.1, 0.15) is 12.5 Å². The zero-order valence-corrected chi connectivity index (χ0v) is 15.6. The molecule has 1 saturated carbocycles. The van der Waals surface area contributed by atoms with E-state index in [2.05, 4.69) is 31.2 Å². The first-order valence-corrected chi connectivity index (χ1v) is 9.53. The second-order valence-electron chi connectivity index (χ2n) is 7.42. The summed E-state index contributed by atoms with van der Waals surface area (Å²) in [4.78, 5) is 27.7. The van der Waals surface area contributed by atoms with Gasteiger partial charge in [-0.05, 0) is 42.3 Å². The Kier molecular flexibility index (Phi) is 3.63. The van der Waals surface area contributed by atoms with Crippen LogP contribution in [-0.2, 0) is 9.59 Å². The summed E-state index contributed by atoms with van der Waals surface area (Å²) in [5.74, 6) is -0.762. The van der Waals surface area contributed by atoms with Crippen LogP contribution in [-0.4, -0.2) is 11.8 Å². The van der Waals surface area contributed by atoms with Gasteiger partial charge in [0.05, 0.1) is 17.5 Å². The summed E-state index contributed by atoms with van der Waals surface area (Å²) in [5.41, 5.74) is 4.17. The number of nitrogens with zero attached hydrogens (tertiary/aromatic N) is 1. The summed E-state index contributed by atoms with van der Waals surface area (Å²) >= 11 is 5.95. The van der Waals surface area contributed by atoms with E-state index in [1.165, 1.54) is 16.0 Å². The SMILES string of the molecule is CC(=C1[C@H]2C=C[C@H]1[C@H]1C(=O)N(c3ccc(Cl)cc3)C(=O)[C@H]12)c1ccccc1. The molecule has 5 rings (SSSR count). The number of anilines is 1. The number of carbonyl (C=O) groups excluding carboxylic acids is 2. The maximum Gasteiger partial charge on any atom is 0.238 e.